The van der Waals surface area contributed by atoms with E-state index in [1.165, 1.54) is 7.11 Å². The average Bonchev–Trinajstić information content (AvgIpc) is 2.70. The lowest BCUT2D eigenvalue weighted by Gasteiger charge is -2.10. The van der Waals surface area contributed by atoms with Gasteiger partial charge in [-0.25, -0.2) is 14.8 Å². The molecule has 0 aliphatic carbocycles. The number of hydrogen-bond acceptors (Lipinski definition) is 6. The molecule has 148 valence electrons. The van der Waals surface area contributed by atoms with Gasteiger partial charge in [0.15, 0.2) is 0 Å². The first kappa shape index (κ1) is 20.0. The molecule has 0 saturated carbocycles. The Balaban J connectivity index is 1.77. The second-order valence-corrected chi connectivity index (χ2v) is 6.67. The van der Waals surface area contributed by atoms with Crippen LogP contribution in [-0.4, -0.2) is 29.0 Å². The molecule has 2 aromatic carbocycles. The van der Waals surface area contributed by atoms with Crippen molar-refractivity contribution in [2.24, 2.45) is 0 Å². The van der Waals surface area contributed by atoms with Gasteiger partial charge in [0.2, 0.25) is 5.95 Å². The van der Waals surface area contributed by atoms with Gasteiger partial charge in [0.1, 0.15) is 5.69 Å². The molecule has 7 nitrogen and oxygen atoms in total. The van der Waals surface area contributed by atoms with E-state index < -0.39 is 5.97 Å². The predicted molar refractivity (Wildman–Crippen MR) is 112 cm³/mol. The summed E-state index contributed by atoms with van der Waals surface area (Å²) in [4.78, 5) is 32.8. The summed E-state index contributed by atoms with van der Waals surface area (Å²) in [6.45, 7) is 5.80. The molecule has 3 aromatic rings. The van der Waals surface area contributed by atoms with Gasteiger partial charge in [0.05, 0.1) is 12.7 Å². The quantitative estimate of drug-likeness (QED) is 0.635. The van der Waals surface area contributed by atoms with Gasteiger partial charge in [0.25, 0.3) is 5.91 Å². The highest BCUT2D eigenvalue weighted by molar-refractivity contribution is 6.03. The predicted octanol–water partition coefficient (Wildman–Crippen LogP) is 4.18. The zero-order chi connectivity index (χ0) is 21.0. The van der Waals surface area contributed by atoms with Crippen molar-refractivity contribution in [2.75, 3.05) is 17.7 Å². The third-order valence-electron chi connectivity index (χ3n) is 4.41. The molecule has 3 rings (SSSR count). The van der Waals surface area contributed by atoms with Gasteiger partial charge in [-0.05, 0) is 74.4 Å². The van der Waals surface area contributed by atoms with E-state index in [1.807, 2.05) is 32.0 Å². The summed E-state index contributed by atoms with van der Waals surface area (Å²) in [5.41, 5.74) is 5.00. The molecule has 0 atom stereocenters. The van der Waals surface area contributed by atoms with E-state index >= 15 is 0 Å². The number of esters is 1. The molecule has 0 aliphatic rings. The first-order valence-electron chi connectivity index (χ1n) is 9.05. The summed E-state index contributed by atoms with van der Waals surface area (Å²) in [5.74, 6) is -0.433. The lowest BCUT2D eigenvalue weighted by atomic mass is 10.1. The van der Waals surface area contributed by atoms with Gasteiger partial charge in [-0.1, -0.05) is 6.07 Å². The van der Waals surface area contributed by atoms with Gasteiger partial charge in [-0.2, -0.15) is 0 Å². The van der Waals surface area contributed by atoms with Crippen LogP contribution < -0.4 is 10.6 Å². The van der Waals surface area contributed by atoms with Crippen molar-refractivity contribution >= 4 is 29.2 Å². The van der Waals surface area contributed by atoms with Crippen molar-refractivity contribution in [3.05, 3.63) is 76.6 Å². The highest BCUT2D eigenvalue weighted by Gasteiger charge is 2.12. The van der Waals surface area contributed by atoms with Crippen molar-refractivity contribution in [3.8, 4) is 0 Å². The molecule has 0 bridgehead atoms. The molecule has 2 N–H and O–H groups in total. The van der Waals surface area contributed by atoms with E-state index in [9.17, 15) is 9.59 Å². The highest BCUT2D eigenvalue weighted by atomic mass is 16.5. The Morgan fingerprint density at radius 3 is 2.21 bits per heavy atom. The second kappa shape index (κ2) is 8.52. The van der Waals surface area contributed by atoms with Gasteiger partial charge < -0.3 is 15.4 Å². The lowest BCUT2D eigenvalue weighted by molar-refractivity contribution is 0.0600. The first-order valence-corrected chi connectivity index (χ1v) is 9.05. The van der Waals surface area contributed by atoms with Crippen molar-refractivity contribution in [2.45, 2.75) is 20.8 Å². The fourth-order valence-corrected chi connectivity index (χ4v) is 2.69. The molecule has 7 heteroatoms. The third kappa shape index (κ3) is 4.95. The number of benzene rings is 2. The molecule has 0 saturated heterocycles. The van der Waals surface area contributed by atoms with Crippen LogP contribution in [0.4, 0.5) is 17.3 Å². The molecule has 0 aliphatic heterocycles. The Kier molecular flexibility index (Phi) is 5.87. The van der Waals surface area contributed by atoms with Crippen LogP contribution in [0.15, 0.2) is 48.5 Å². The minimum Gasteiger partial charge on any atom is -0.465 e. The van der Waals surface area contributed by atoms with Crippen LogP contribution in [0.1, 0.15) is 37.7 Å². The maximum atomic E-state index is 12.6. The van der Waals surface area contributed by atoms with E-state index in [2.05, 4.69) is 25.3 Å². The molecule has 1 heterocycles. The van der Waals surface area contributed by atoms with Crippen LogP contribution in [0.2, 0.25) is 0 Å². The van der Waals surface area contributed by atoms with Gasteiger partial charge in [-0.3, -0.25) is 4.79 Å². The number of nitrogens with zero attached hydrogens (tertiary/aromatic N) is 2. The number of hydrogen-bond donors (Lipinski definition) is 2. The molecule has 1 amide bonds. The standard InChI is InChI=1S/C22H22N4O3/c1-13-5-8-18(11-14(13)2)24-20(27)19-12-15(3)23-22(26-19)25-17-9-6-16(7-10-17)21(28)29-4/h5-12H,1-4H3,(H,24,27)(H,23,25,26). The number of aromatic nitrogens is 2. The smallest absolute Gasteiger partial charge is 0.337 e. The van der Waals surface area contributed by atoms with Crippen LogP contribution in [-0.2, 0) is 4.74 Å². The Bertz CT molecular complexity index is 1060. The van der Waals surface area contributed by atoms with Crippen molar-refractivity contribution in [3.63, 3.8) is 0 Å². The summed E-state index contributed by atoms with van der Waals surface area (Å²) < 4.78 is 4.69. The monoisotopic (exact) mass is 390 g/mol. The Hall–Kier alpha value is -3.74. The number of ether oxygens (including phenoxy) is 1. The third-order valence-corrected chi connectivity index (χ3v) is 4.41. The SMILES string of the molecule is COC(=O)c1ccc(Nc2nc(C)cc(C(=O)Nc3ccc(C)c(C)c3)n2)cc1. The summed E-state index contributed by atoms with van der Waals surface area (Å²) in [5, 5.41) is 5.91. The van der Waals surface area contributed by atoms with E-state index in [1.54, 1.807) is 37.3 Å². The van der Waals surface area contributed by atoms with Crippen LogP contribution >= 0.6 is 0 Å². The van der Waals surface area contributed by atoms with E-state index in [0.717, 1.165) is 11.1 Å². The minimum absolute atomic E-state index is 0.254. The zero-order valence-electron chi connectivity index (χ0n) is 16.7. The average molecular weight is 390 g/mol. The normalized spacial score (nSPS) is 10.3. The second-order valence-electron chi connectivity index (χ2n) is 6.67. The van der Waals surface area contributed by atoms with E-state index in [4.69, 9.17) is 0 Å². The van der Waals surface area contributed by atoms with Crippen molar-refractivity contribution < 1.29 is 14.3 Å². The molecule has 29 heavy (non-hydrogen) atoms. The first-order chi connectivity index (χ1) is 13.9. The highest BCUT2D eigenvalue weighted by Crippen LogP contribution is 2.18. The molecular weight excluding hydrogens is 368 g/mol. The Morgan fingerprint density at radius 2 is 1.55 bits per heavy atom. The molecule has 0 unspecified atom stereocenters. The zero-order valence-corrected chi connectivity index (χ0v) is 16.7. The van der Waals surface area contributed by atoms with E-state index in [-0.39, 0.29) is 11.6 Å². The molecule has 0 radical (unpaired) electrons. The fraction of sp³-hybridized carbons (Fsp3) is 0.182. The number of carbonyl (C=O) groups is 2. The van der Waals surface area contributed by atoms with Gasteiger partial charge in [0, 0.05) is 17.1 Å². The lowest BCUT2D eigenvalue weighted by Crippen LogP contribution is -2.15. The maximum Gasteiger partial charge on any atom is 0.337 e. The molecular formula is C22H22N4O3. The van der Waals surface area contributed by atoms with Gasteiger partial charge in [-0.15, -0.1) is 0 Å². The number of nitrogens with one attached hydrogen (secondary N) is 2. The van der Waals surface area contributed by atoms with Crippen LogP contribution in [0.3, 0.4) is 0 Å². The van der Waals surface area contributed by atoms with Crippen LogP contribution in [0.5, 0.6) is 0 Å². The Labute approximate surface area is 169 Å². The fourth-order valence-electron chi connectivity index (χ4n) is 2.69. The van der Waals surface area contributed by atoms with Crippen LogP contribution in [0.25, 0.3) is 0 Å². The largest absolute Gasteiger partial charge is 0.465 e. The molecule has 1 aromatic heterocycles. The number of amides is 1. The maximum absolute atomic E-state index is 12.6. The molecule has 0 fully saturated rings. The summed E-state index contributed by atoms with van der Waals surface area (Å²) in [6.07, 6.45) is 0. The molecule has 0 spiro atoms. The Morgan fingerprint density at radius 1 is 0.862 bits per heavy atom. The minimum atomic E-state index is -0.409. The summed E-state index contributed by atoms with van der Waals surface area (Å²) >= 11 is 0. The topological polar surface area (TPSA) is 93.2 Å². The van der Waals surface area contributed by atoms with Crippen molar-refractivity contribution in [1.29, 1.82) is 0 Å². The summed E-state index contributed by atoms with van der Waals surface area (Å²) in [6, 6.07) is 14.1. The van der Waals surface area contributed by atoms with Crippen LogP contribution in [0, 0.1) is 20.8 Å². The number of rotatable bonds is 5. The van der Waals surface area contributed by atoms with E-state index in [0.29, 0.717) is 28.6 Å². The van der Waals surface area contributed by atoms with Crippen molar-refractivity contribution in [1.82, 2.24) is 9.97 Å². The number of aryl methyl sites for hydroxylation is 3. The summed E-state index contributed by atoms with van der Waals surface area (Å²) in [7, 11) is 1.33. The number of anilines is 3. The number of methoxy groups -OCH3 is 1. The van der Waals surface area contributed by atoms with Gasteiger partial charge >= 0.3 is 5.97 Å². The number of carbonyl (C=O) groups excluding carboxylic acids is 2.